The van der Waals surface area contributed by atoms with E-state index in [0.29, 0.717) is 10.6 Å². The summed E-state index contributed by atoms with van der Waals surface area (Å²) >= 11 is 1.27. The normalized spacial score (nSPS) is 14.4. The molecule has 3 aromatic rings. The van der Waals surface area contributed by atoms with Gasteiger partial charge in [0.1, 0.15) is 0 Å². The van der Waals surface area contributed by atoms with Gasteiger partial charge in [0, 0.05) is 12.1 Å². The van der Waals surface area contributed by atoms with Gasteiger partial charge in [-0.05, 0) is 41.8 Å². The minimum Gasteiger partial charge on any atom is -0.493 e. The fraction of sp³-hybridized carbons (Fsp3) is 0.269. The third kappa shape index (κ3) is 5.63. The van der Waals surface area contributed by atoms with Crippen LogP contribution in [0.4, 0.5) is 5.69 Å². The van der Waals surface area contributed by atoms with Crippen LogP contribution < -0.4 is 20.1 Å². The number of hydrogen-bond donors (Lipinski definition) is 2. The molecule has 182 valence electrons. The summed E-state index contributed by atoms with van der Waals surface area (Å²) in [5, 5.41) is 7.46. The highest BCUT2D eigenvalue weighted by Gasteiger charge is 2.24. The number of aryl methyl sites for hydroxylation is 1. The zero-order valence-electron chi connectivity index (χ0n) is 19.5. The summed E-state index contributed by atoms with van der Waals surface area (Å²) in [7, 11) is 2.89. The molecule has 1 heterocycles. The molecule has 1 aromatic heterocycles. The Morgan fingerprint density at radius 3 is 2.54 bits per heavy atom. The van der Waals surface area contributed by atoms with Crippen LogP contribution in [0.15, 0.2) is 53.9 Å². The molecule has 1 atom stereocenters. The molecule has 2 amide bonds. The molecule has 0 aliphatic heterocycles. The summed E-state index contributed by atoms with van der Waals surface area (Å²) in [6.07, 6.45) is 2.78. The van der Waals surface area contributed by atoms with Crippen molar-refractivity contribution in [2.24, 2.45) is 0 Å². The second-order valence-electron chi connectivity index (χ2n) is 7.97. The molecule has 0 fully saturated rings. The van der Waals surface area contributed by atoms with E-state index in [0.717, 1.165) is 24.8 Å². The van der Waals surface area contributed by atoms with Crippen molar-refractivity contribution >= 4 is 34.8 Å². The summed E-state index contributed by atoms with van der Waals surface area (Å²) in [6.45, 7) is -0.454. The van der Waals surface area contributed by atoms with Gasteiger partial charge < -0.3 is 24.8 Å². The van der Waals surface area contributed by atoms with Crippen molar-refractivity contribution < 1.29 is 28.6 Å². The number of hydrogen-bond acceptors (Lipinski definition) is 7. The average Bonchev–Trinajstić information content (AvgIpc) is 3.42. The zero-order valence-corrected chi connectivity index (χ0v) is 20.3. The summed E-state index contributed by atoms with van der Waals surface area (Å²) in [5.74, 6) is -0.928. The minimum absolute atomic E-state index is 0.0448. The number of anilines is 1. The first-order chi connectivity index (χ1) is 17.0. The van der Waals surface area contributed by atoms with E-state index in [1.807, 2.05) is 18.2 Å². The van der Waals surface area contributed by atoms with Gasteiger partial charge >= 0.3 is 5.97 Å². The van der Waals surface area contributed by atoms with Gasteiger partial charge in [-0.3, -0.25) is 9.59 Å². The van der Waals surface area contributed by atoms with Crippen molar-refractivity contribution in [1.29, 1.82) is 0 Å². The lowest BCUT2D eigenvalue weighted by molar-refractivity contribution is -0.125. The number of carbonyl (C=O) groups excluding carboxylic acids is 3. The van der Waals surface area contributed by atoms with Gasteiger partial charge in [0.25, 0.3) is 11.8 Å². The van der Waals surface area contributed by atoms with Crippen LogP contribution in [0, 0.1) is 0 Å². The maximum absolute atomic E-state index is 12.9. The van der Waals surface area contributed by atoms with Gasteiger partial charge in [-0.25, -0.2) is 4.79 Å². The maximum Gasteiger partial charge on any atom is 0.340 e. The van der Waals surface area contributed by atoms with Crippen LogP contribution in [0.1, 0.15) is 50.0 Å². The van der Waals surface area contributed by atoms with Crippen LogP contribution in [0.5, 0.6) is 11.5 Å². The number of benzene rings is 2. The lowest BCUT2D eigenvalue weighted by Gasteiger charge is -2.26. The van der Waals surface area contributed by atoms with Gasteiger partial charge in [0.15, 0.2) is 18.1 Å². The van der Waals surface area contributed by atoms with Gasteiger partial charge in [0.2, 0.25) is 0 Å². The van der Waals surface area contributed by atoms with E-state index in [4.69, 9.17) is 14.2 Å². The molecule has 2 aromatic carbocycles. The molecule has 0 unspecified atom stereocenters. The fourth-order valence-corrected chi connectivity index (χ4v) is 4.71. The van der Waals surface area contributed by atoms with Gasteiger partial charge in [-0.1, -0.05) is 30.3 Å². The van der Waals surface area contributed by atoms with E-state index < -0.39 is 18.5 Å². The van der Waals surface area contributed by atoms with Crippen molar-refractivity contribution in [2.75, 3.05) is 26.1 Å². The Balaban J connectivity index is 1.47. The molecule has 0 bridgehead atoms. The van der Waals surface area contributed by atoms with Crippen molar-refractivity contribution in [3.8, 4) is 11.5 Å². The van der Waals surface area contributed by atoms with Crippen molar-refractivity contribution in [3.63, 3.8) is 0 Å². The van der Waals surface area contributed by atoms with Crippen LogP contribution in [0.3, 0.4) is 0 Å². The molecule has 1 aliphatic rings. The Morgan fingerprint density at radius 1 is 1.03 bits per heavy atom. The number of methoxy groups -OCH3 is 2. The number of rotatable bonds is 8. The smallest absolute Gasteiger partial charge is 0.340 e. The molecule has 0 saturated carbocycles. The van der Waals surface area contributed by atoms with Crippen LogP contribution in [0.2, 0.25) is 0 Å². The molecule has 2 N–H and O–H groups in total. The van der Waals surface area contributed by atoms with Crippen LogP contribution in [-0.4, -0.2) is 38.6 Å². The molecular formula is C26H26N2O6S. The Labute approximate surface area is 207 Å². The number of ether oxygens (including phenoxy) is 3. The first-order valence-electron chi connectivity index (χ1n) is 11.1. The molecule has 35 heavy (non-hydrogen) atoms. The van der Waals surface area contributed by atoms with Crippen molar-refractivity contribution in [1.82, 2.24) is 5.32 Å². The Kier molecular flexibility index (Phi) is 7.67. The van der Waals surface area contributed by atoms with Crippen molar-refractivity contribution in [3.05, 3.63) is 75.5 Å². The summed E-state index contributed by atoms with van der Waals surface area (Å²) < 4.78 is 15.9. The SMILES string of the molecule is COc1cc(NC(=O)c2cccs2)c(C(=O)OCC(=O)N[C@H]2CCCc3ccccc32)cc1OC. The number of carbonyl (C=O) groups is 3. The molecule has 9 heteroatoms. The number of esters is 1. The Hall–Kier alpha value is -3.85. The van der Waals surface area contributed by atoms with Gasteiger partial charge in [0.05, 0.1) is 36.4 Å². The van der Waals surface area contributed by atoms with E-state index in [1.54, 1.807) is 17.5 Å². The lowest BCUT2D eigenvalue weighted by Crippen LogP contribution is -2.34. The first kappa shape index (κ1) is 24.3. The number of nitrogens with one attached hydrogen (secondary N) is 2. The second kappa shape index (κ2) is 11.1. The quantitative estimate of drug-likeness (QED) is 0.451. The molecule has 0 radical (unpaired) electrons. The predicted octanol–water partition coefficient (Wildman–Crippen LogP) is 4.37. The van der Waals surface area contributed by atoms with Gasteiger partial charge in [-0.2, -0.15) is 0 Å². The lowest BCUT2D eigenvalue weighted by atomic mass is 9.88. The van der Waals surface area contributed by atoms with E-state index in [2.05, 4.69) is 16.7 Å². The number of thiophene rings is 1. The minimum atomic E-state index is -0.772. The van der Waals surface area contributed by atoms with E-state index in [-0.39, 0.29) is 28.9 Å². The predicted molar refractivity (Wildman–Crippen MR) is 132 cm³/mol. The van der Waals surface area contributed by atoms with Crippen LogP contribution in [-0.2, 0) is 16.0 Å². The summed E-state index contributed by atoms with van der Waals surface area (Å²) in [5.41, 5.74) is 2.55. The zero-order chi connectivity index (χ0) is 24.8. The van der Waals surface area contributed by atoms with E-state index in [1.165, 1.54) is 43.3 Å². The Bertz CT molecular complexity index is 1220. The highest BCUT2D eigenvalue weighted by Crippen LogP contribution is 2.34. The van der Waals surface area contributed by atoms with Gasteiger partial charge in [-0.15, -0.1) is 11.3 Å². The van der Waals surface area contributed by atoms with Crippen molar-refractivity contribution in [2.45, 2.75) is 25.3 Å². The summed E-state index contributed by atoms with van der Waals surface area (Å²) in [6, 6.07) is 14.2. The van der Waals surface area contributed by atoms with Crippen LogP contribution in [0.25, 0.3) is 0 Å². The summed E-state index contributed by atoms with van der Waals surface area (Å²) in [4.78, 5) is 38.6. The average molecular weight is 495 g/mol. The molecule has 1 aliphatic carbocycles. The standard InChI is InChI=1S/C26H26N2O6S/c1-32-21-13-18(20(14-22(21)33-2)28-25(30)23-11-6-12-35-23)26(31)34-15-24(29)27-19-10-5-8-16-7-3-4-9-17(16)19/h3-4,6-7,9,11-14,19H,5,8,10,15H2,1-2H3,(H,27,29)(H,28,30)/t19-/m0/s1. The molecule has 4 rings (SSSR count). The fourth-order valence-electron chi connectivity index (χ4n) is 4.09. The van der Waals surface area contributed by atoms with Crippen LogP contribution >= 0.6 is 11.3 Å². The highest BCUT2D eigenvalue weighted by molar-refractivity contribution is 7.12. The molecule has 8 nitrogen and oxygen atoms in total. The third-order valence-corrected chi connectivity index (χ3v) is 6.64. The maximum atomic E-state index is 12.9. The van der Waals surface area contributed by atoms with E-state index >= 15 is 0 Å². The molecule has 0 saturated heterocycles. The number of amides is 2. The second-order valence-corrected chi connectivity index (χ2v) is 8.92. The highest BCUT2D eigenvalue weighted by atomic mass is 32.1. The largest absolute Gasteiger partial charge is 0.493 e. The monoisotopic (exact) mass is 494 g/mol. The molecule has 0 spiro atoms. The first-order valence-corrected chi connectivity index (χ1v) is 12.0. The third-order valence-electron chi connectivity index (χ3n) is 5.78. The van der Waals surface area contributed by atoms with E-state index in [9.17, 15) is 14.4 Å². The molecular weight excluding hydrogens is 468 g/mol. The Morgan fingerprint density at radius 2 is 1.80 bits per heavy atom. The number of fused-ring (bicyclic) bond motifs is 1. The topological polar surface area (TPSA) is 103 Å².